The highest BCUT2D eigenvalue weighted by Crippen LogP contribution is 2.07. The van der Waals surface area contributed by atoms with Gasteiger partial charge < -0.3 is 4.90 Å². The standard InChI is InChI=1S/C14H19N3O/c1-3-4-5-10-17(2)14(18)12-7-9-16-13(11-12)6-8-15/h7,9,11H,3-6,10H2,1-2H3. The van der Waals surface area contributed by atoms with Crippen LogP contribution in [0.15, 0.2) is 18.3 Å². The lowest BCUT2D eigenvalue weighted by atomic mass is 10.1. The number of carbonyl (C=O) groups is 1. The Morgan fingerprint density at radius 2 is 2.28 bits per heavy atom. The summed E-state index contributed by atoms with van der Waals surface area (Å²) in [4.78, 5) is 17.9. The van der Waals surface area contributed by atoms with E-state index in [1.54, 1.807) is 23.2 Å². The van der Waals surface area contributed by atoms with Gasteiger partial charge in [-0.2, -0.15) is 5.26 Å². The smallest absolute Gasteiger partial charge is 0.253 e. The molecule has 0 saturated carbocycles. The van der Waals surface area contributed by atoms with Crippen LogP contribution >= 0.6 is 0 Å². The zero-order valence-electron chi connectivity index (χ0n) is 11.0. The van der Waals surface area contributed by atoms with Crippen molar-refractivity contribution in [3.05, 3.63) is 29.6 Å². The van der Waals surface area contributed by atoms with Crippen LogP contribution in [0.4, 0.5) is 0 Å². The minimum atomic E-state index is -0.00677. The molecule has 0 N–H and O–H groups in total. The molecule has 1 aromatic rings. The van der Waals surface area contributed by atoms with Gasteiger partial charge in [0.15, 0.2) is 0 Å². The van der Waals surface area contributed by atoms with Crippen molar-refractivity contribution < 1.29 is 4.79 Å². The molecule has 1 amide bonds. The lowest BCUT2D eigenvalue weighted by molar-refractivity contribution is 0.0792. The Bertz CT molecular complexity index is 437. The number of aromatic nitrogens is 1. The minimum Gasteiger partial charge on any atom is -0.342 e. The molecule has 0 saturated heterocycles. The number of carbonyl (C=O) groups excluding carboxylic acids is 1. The molecular formula is C14H19N3O. The molecule has 0 aliphatic heterocycles. The summed E-state index contributed by atoms with van der Waals surface area (Å²) >= 11 is 0. The van der Waals surface area contributed by atoms with Crippen molar-refractivity contribution in [2.24, 2.45) is 0 Å². The van der Waals surface area contributed by atoms with Gasteiger partial charge in [-0.25, -0.2) is 0 Å². The number of unbranched alkanes of at least 4 members (excludes halogenated alkanes) is 2. The maximum atomic E-state index is 12.1. The highest BCUT2D eigenvalue weighted by Gasteiger charge is 2.11. The Morgan fingerprint density at radius 1 is 1.50 bits per heavy atom. The summed E-state index contributed by atoms with van der Waals surface area (Å²) < 4.78 is 0. The third kappa shape index (κ3) is 4.17. The van der Waals surface area contributed by atoms with Crippen LogP contribution in [0.2, 0.25) is 0 Å². The van der Waals surface area contributed by atoms with Gasteiger partial charge in [-0.15, -0.1) is 0 Å². The Balaban J connectivity index is 2.65. The zero-order valence-corrected chi connectivity index (χ0v) is 11.0. The SMILES string of the molecule is CCCCCN(C)C(=O)c1ccnc(CC#N)c1. The van der Waals surface area contributed by atoms with Crippen molar-refractivity contribution in [3.8, 4) is 6.07 Å². The molecule has 4 heteroatoms. The van der Waals surface area contributed by atoms with Crippen LogP contribution in [-0.2, 0) is 6.42 Å². The van der Waals surface area contributed by atoms with Gasteiger partial charge in [0.2, 0.25) is 0 Å². The second kappa shape index (κ2) is 7.44. The van der Waals surface area contributed by atoms with Crippen LogP contribution in [0, 0.1) is 11.3 Å². The molecule has 0 spiro atoms. The predicted molar refractivity (Wildman–Crippen MR) is 70.0 cm³/mol. The van der Waals surface area contributed by atoms with Crippen LogP contribution in [-0.4, -0.2) is 29.4 Å². The third-order valence-electron chi connectivity index (χ3n) is 2.77. The summed E-state index contributed by atoms with van der Waals surface area (Å²) in [5.74, 6) is -0.00677. The molecule has 1 rings (SSSR count). The maximum Gasteiger partial charge on any atom is 0.253 e. The Hall–Kier alpha value is -1.89. The first-order chi connectivity index (χ1) is 8.69. The van der Waals surface area contributed by atoms with Gasteiger partial charge in [0, 0.05) is 25.4 Å². The first-order valence-corrected chi connectivity index (χ1v) is 6.26. The average Bonchev–Trinajstić information content (AvgIpc) is 2.39. The molecule has 0 bridgehead atoms. The van der Waals surface area contributed by atoms with E-state index in [4.69, 9.17) is 5.26 Å². The number of hydrogen-bond donors (Lipinski definition) is 0. The van der Waals surface area contributed by atoms with E-state index in [0.29, 0.717) is 11.3 Å². The van der Waals surface area contributed by atoms with Gasteiger partial charge in [-0.1, -0.05) is 19.8 Å². The predicted octanol–water partition coefficient (Wildman–Crippen LogP) is 2.41. The summed E-state index contributed by atoms with van der Waals surface area (Å²) in [5.41, 5.74) is 1.25. The quantitative estimate of drug-likeness (QED) is 0.723. The summed E-state index contributed by atoms with van der Waals surface area (Å²) in [5, 5.41) is 8.62. The van der Waals surface area contributed by atoms with Crippen molar-refractivity contribution in [2.45, 2.75) is 32.6 Å². The van der Waals surface area contributed by atoms with Crippen molar-refractivity contribution in [3.63, 3.8) is 0 Å². The van der Waals surface area contributed by atoms with Gasteiger partial charge in [-0.05, 0) is 18.6 Å². The Labute approximate surface area is 108 Å². The molecule has 1 heterocycles. The average molecular weight is 245 g/mol. The Kier molecular flexibility index (Phi) is 5.86. The molecule has 4 nitrogen and oxygen atoms in total. The molecule has 0 radical (unpaired) electrons. The minimum absolute atomic E-state index is 0.00677. The topological polar surface area (TPSA) is 57.0 Å². The van der Waals surface area contributed by atoms with Gasteiger partial charge >= 0.3 is 0 Å². The molecule has 0 unspecified atom stereocenters. The van der Waals surface area contributed by atoms with Crippen molar-refractivity contribution >= 4 is 5.91 Å². The molecule has 96 valence electrons. The highest BCUT2D eigenvalue weighted by atomic mass is 16.2. The number of nitrogens with zero attached hydrogens (tertiary/aromatic N) is 3. The molecule has 0 atom stereocenters. The molecule has 18 heavy (non-hydrogen) atoms. The van der Waals surface area contributed by atoms with Crippen molar-refractivity contribution in [1.29, 1.82) is 5.26 Å². The van der Waals surface area contributed by atoms with Gasteiger partial charge in [-0.3, -0.25) is 9.78 Å². The first kappa shape index (κ1) is 14.2. The van der Waals surface area contributed by atoms with Crippen LogP contribution in [0.1, 0.15) is 42.2 Å². The van der Waals surface area contributed by atoms with Crippen LogP contribution < -0.4 is 0 Å². The number of rotatable bonds is 6. The zero-order chi connectivity index (χ0) is 13.4. The molecule has 0 aliphatic rings. The largest absolute Gasteiger partial charge is 0.342 e. The van der Waals surface area contributed by atoms with Crippen molar-refractivity contribution in [1.82, 2.24) is 9.88 Å². The lowest BCUT2D eigenvalue weighted by Crippen LogP contribution is -2.27. The molecule has 1 aromatic heterocycles. The molecule has 0 aliphatic carbocycles. The fourth-order valence-electron chi connectivity index (χ4n) is 1.71. The van der Waals surface area contributed by atoms with E-state index < -0.39 is 0 Å². The normalized spacial score (nSPS) is 9.83. The van der Waals surface area contributed by atoms with E-state index in [0.717, 1.165) is 25.8 Å². The molecular weight excluding hydrogens is 226 g/mol. The van der Waals surface area contributed by atoms with E-state index in [2.05, 4.69) is 11.9 Å². The summed E-state index contributed by atoms with van der Waals surface area (Å²) in [6.07, 6.45) is 5.12. The van der Waals surface area contributed by atoms with Gasteiger partial charge in [0.1, 0.15) is 0 Å². The van der Waals surface area contributed by atoms with E-state index in [1.165, 1.54) is 0 Å². The van der Waals surface area contributed by atoms with Gasteiger partial charge in [0.25, 0.3) is 5.91 Å². The second-order valence-corrected chi connectivity index (χ2v) is 4.30. The van der Waals surface area contributed by atoms with E-state index in [1.807, 2.05) is 13.1 Å². The van der Waals surface area contributed by atoms with Crippen LogP contribution in [0.25, 0.3) is 0 Å². The number of amides is 1. The fraction of sp³-hybridized carbons (Fsp3) is 0.500. The number of nitriles is 1. The maximum absolute atomic E-state index is 12.1. The van der Waals surface area contributed by atoms with Gasteiger partial charge in [0.05, 0.1) is 18.2 Å². The fourth-order valence-corrected chi connectivity index (χ4v) is 1.71. The molecule has 0 aromatic carbocycles. The summed E-state index contributed by atoms with van der Waals surface area (Å²) in [7, 11) is 1.81. The van der Waals surface area contributed by atoms with E-state index in [-0.39, 0.29) is 12.3 Å². The van der Waals surface area contributed by atoms with E-state index in [9.17, 15) is 4.79 Å². The second-order valence-electron chi connectivity index (χ2n) is 4.30. The summed E-state index contributed by atoms with van der Waals surface area (Å²) in [6.45, 7) is 2.90. The third-order valence-corrected chi connectivity index (χ3v) is 2.77. The first-order valence-electron chi connectivity index (χ1n) is 6.26. The highest BCUT2D eigenvalue weighted by molar-refractivity contribution is 5.94. The summed E-state index contributed by atoms with van der Waals surface area (Å²) in [6, 6.07) is 5.42. The molecule has 0 fully saturated rings. The van der Waals surface area contributed by atoms with E-state index >= 15 is 0 Å². The van der Waals surface area contributed by atoms with Crippen LogP contribution in [0.5, 0.6) is 0 Å². The monoisotopic (exact) mass is 245 g/mol. The number of pyridine rings is 1. The lowest BCUT2D eigenvalue weighted by Gasteiger charge is -2.17. The number of hydrogen-bond acceptors (Lipinski definition) is 3. The van der Waals surface area contributed by atoms with Crippen molar-refractivity contribution in [2.75, 3.05) is 13.6 Å². The van der Waals surface area contributed by atoms with Crippen LogP contribution in [0.3, 0.4) is 0 Å². The Morgan fingerprint density at radius 3 is 2.94 bits per heavy atom.